The van der Waals surface area contributed by atoms with Crippen LogP contribution in [0.1, 0.15) is 52.0 Å². The third-order valence-electron chi connectivity index (χ3n) is 6.51. The van der Waals surface area contributed by atoms with Gasteiger partial charge in [-0.3, -0.25) is 4.79 Å². The van der Waals surface area contributed by atoms with Gasteiger partial charge in [0.1, 0.15) is 0 Å². The van der Waals surface area contributed by atoms with Crippen LogP contribution in [0.3, 0.4) is 0 Å². The van der Waals surface area contributed by atoms with Crippen LogP contribution in [0.2, 0.25) is 0 Å². The van der Waals surface area contributed by atoms with Gasteiger partial charge in [0.2, 0.25) is 0 Å². The maximum absolute atomic E-state index is 11.1. The summed E-state index contributed by atoms with van der Waals surface area (Å²) in [5.41, 5.74) is 2.10. The van der Waals surface area contributed by atoms with Crippen molar-refractivity contribution in [3.05, 3.63) is 47.2 Å². The summed E-state index contributed by atoms with van der Waals surface area (Å²) in [6.07, 6.45) is 4.57. The molecule has 24 heavy (non-hydrogen) atoms. The van der Waals surface area contributed by atoms with Crippen LogP contribution >= 0.6 is 0 Å². The zero-order valence-electron chi connectivity index (χ0n) is 14.9. The van der Waals surface area contributed by atoms with Gasteiger partial charge in [-0.2, -0.15) is 0 Å². The molecule has 0 unspecified atom stereocenters. The molecule has 1 aromatic carbocycles. The summed E-state index contributed by atoms with van der Waals surface area (Å²) in [7, 11) is 0. The number of allylic oxidation sites excluding steroid dienone is 2. The first kappa shape index (κ1) is 17.2. The summed E-state index contributed by atoms with van der Waals surface area (Å²) in [4.78, 5) is 11.1. The van der Waals surface area contributed by atoms with Crippen LogP contribution in [0.15, 0.2) is 41.7 Å². The molecule has 2 aliphatic rings. The van der Waals surface area contributed by atoms with E-state index in [9.17, 15) is 9.90 Å². The minimum atomic E-state index is -0.0822. The van der Waals surface area contributed by atoms with Gasteiger partial charge < -0.3 is 9.84 Å². The van der Waals surface area contributed by atoms with Crippen molar-refractivity contribution in [2.45, 2.75) is 59.2 Å². The molecule has 2 fully saturated rings. The molecule has 130 valence electrons. The number of carbonyl (C=O) groups excluding carboxylic acids is 1. The van der Waals surface area contributed by atoms with Crippen molar-refractivity contribution in [2.24, 2.45) is 16.7 Å². The minimum absolute atomic E-state index is 0.0205. The van der Waals surface area contributed by atoms with Gasteiger partial charge in [0.05, 0.1) is 12.7 Å². The van der Waals surface area contributed by atoms with E-state index in [1.54, 1.807) is 0 Å². The number of fused-ring (bicyclic) bond motifs is 1. The van der Waals surface area contributed by atoms with Crippen LogP contribution in [0.25, 0.3) is 0 Å². The van der Waals surface area contributed by atoms with Crippen LogP contribution in [0, 0.1) is 16.7 Å². The SMILES string of the molecule is CC1(C)[C@H](OCc2ccccc2)CC[C@]2(C)/C(=C(/O)C=O)CC[C@@H]12. The molecule has 3 heteroatoms. The van der Waals surface area contributed by atoms with Crippen LogP contribution in [0.4, 0.5) is 0 Å². The second kappa shape index (κ2) is 6.36. The summed E-state index contributed by atoms with van der Waals surface area (Å²) in [5.74, 6) is 0.385. The lowest BCUT2D eigenvalue weighted by atomic mass is 9.56. The Morgan fingerprint density at radius 1 is 1.25 bits per heavy atom. The number of aldehydes is 1. The Labute approximate surface area is 144 Å². The number of ether oxygens (including phenoxy) is 1. The Balaban J connectivity index is 1.78. The molecule has 3 rings (SSSR count). The Morgan fingerprint density at radius 3 is 2.62 bits per heavy atom. The molecule has 1 aromatic rings. The zero-order chi connectivity index (χ0) is 17.4. The molecule has 2 aliphatic carbocycles. The van der Waals surface area contributed by atoms with Gasteiger partial charge in [-0.25, -0.2) is 0 Å². The summed E-state index contributed by atoms with van der Waals surface area (Å²) < 4.78 is 6.31. The first-order chi connectivity index (χ1) is 11.4. The first-order valence-electron chi connectivity index (χ1n) is 8.93. The van der Waals surface area contributed by atoms with Gasteiger partial charge in [0.25, 0.3) is 0 Å². The highest BCUT2D eigenvalue weighted by Crippen LogP contribution is 2.62. The van der Waals surface area contributed by atoms with Gasteiger partial charge in [0.15, 0.2) is 12.0 Å². The molecule has 0 heterocycles. The monoisotopic (exact) mass is 328 g/mol. The third kappa shape index (κ3) is 2.79. The second-order valence-electron chi connectivity index (χ2n) is 8.14. The van der Waals surface area contributed by atoms with E-state index in [1.165, 1.54) is 5.56 Å². The van der Waals surface area contributed by atoms with Crippen molar-refractivity contribution in [3.8, 4) is 0 Å². The van der Waals surface area contributed by atoms with Gasteiger partial charge in [-0.1, -0.05) is 51.1 Å². The van der Waals surface area contributed by atoms with Gasteiger partial charge >= 0.3 is 0 Å². The predicted molar refractivity (Wildman–Crippen MR) is 94.6 cm³/mol. The van der Waals surface area contributed by atoms with Crippen molar-refractivity contribution in [1.29, 1.82) is 0 Å². The lowest BCUT2D eigenvalue weighted by Crippen LogP contribution is -2.49. The summed E-state index contributed by atoms with van der Waals surface area (Å²) in [6.45, 7) is 7.42. The first-order valence-corrected chi connectivity index (χ1v) is 8.93. The van der Waals surface area contributed by atoms with E-state index in [-0.39, 0.29) is 22.7 Å². The fourth-order valence-corrected chi connectivity index (χ4v) is 5.21. The van der Waals surface area contributed by atoms with Crippen molar-refractivity contribution in [3.63, 3.8) is 0 Å². The van der Waals surface area contributed by atoms with E-state index in [2.05, 4.69) is 32.9 Å². The van der Waals surface area contributed by atoms with Crippen molar-refractivity contribution >= 4 is 6.29 Å². The molecular formula is C21H28O3. The average Bonchev–Trinajstić information content (AvgIpc) is 2.93. The number of hydrogen-bond donors (Lipinski definition) is 1. The second-order valence-corrected chi connectivity index (χ2v) is 8.14. The molecule has 3 atom stereocenters. The van der Waals surface area contributed by atoms with Crippen LogP contribution in [0.5, 0.6) is 0 Å². The molecule has 0 amide bonds. The molecule has 3 nitrogen and oxygen atoms in total. The molecule has 1 N–H and O–H groups in total. The fourth-order valence-electron chi connectivity index (χ4n) is 5.21. The standard InChI is InChI=1S/C21H28O3/c1-20(2)18-10-9-16(17(23)13-22)21(18,3)12-11-19(20)24-14-15-7-5-4-6-8-15/h4-8,13,18-19,23H,9-12,14H2,1-3H3/b17-16+/t18-,19+,21+/m0/s1. The van der Waals surface area contributed by atoms with Crippen molar-refractivity contribution in [2.75, 3.05) is 0 Å². The molecule has 0 saturated heterocycles. The maximum atomic E-state index is 11.1. The number of hydrogen-bond acceptors (Lipinski definition) is 3. The van der Waals surface area contributed by atoms with Gasteiger partial charge in [-0.15, -0.1) is 0 Å². The maximum Gasteiger partial charge on any atom is 0.184 e. The van der Waals surface area contributed by atoms with E-state index in [4.69, 9.17) is 4.74 Å². The number of benzene rings is 1. The highest BCUT2D eigenvalue weighted by molar-refractivity contribution is 5.71. The topological polar surface area (TPSA) is 46.5 Å². The number of aliphatic hydroxyl groups is 1. The molecule has 0 spiro atoms. The lowest BCUT2D eigenvalue weighted by Gasteiger charge is -2.52. The Hall–Kier alpha value is -1.61. The zero-order valence-corrected chi connectivity index (χ0v) is 14.9. The van der Waals surface area contributed by atoms with E-state index in [1.807, 2.05) is 18.2 Å². The van der Waals surface area contributed by atoms with Crippen LogP contribution in [-0.4, -0.2) is 17.5 Å². The number of carbonyl (C=O) groups is 1. The quantitative estimate of drug-likeness (QED) is 0.490. The van der Waals surface area contributed by atoms with Crippen molar-refractivity contribution < 1.29 is 14.6 Å². The Bertz CT molecular complexity index is 632. The minimum Gasteiger partial charge on any atom is -0.505 e. The van der Waals surface area contributed by atoms with E-state index < -0.39 is 0 Å². The predicted octanol–water partition coefficient (Wildman–Crippen LogP) is 4.82. The molecule has 0 aromatic heterocycles. The van der Waals surface area contributed by atoms with E-state index in [0.717, 1.165) is 31.3 Å². The van der Waals surface area contributed by atoms with Crippen molar-refractivity contribution in [1.82, 2.24) is 0 Å². The Morgan fingerprint density at radius 2 is 1.96 bits per heavy atom. The molecule has 0 aliphatic heterocycles. The normalized spacial score (nSPS) is 33.8. The van der Waals surface area contributed by atoms with Crippen LogP contribution < -0.4 is 0 Å². The lowest BCUT2D eigenvalue weighted by molar-refractivity contribution is -0.116. The highest BCUT2D eigenvalue weighted by atomic mass is 16.5. The number of aliphatic hydroxyl groups excluding tert-OH is 1. The van der Waals surface area contributed by atoms with E-state index in [0.29, 0.717) is 18.8 Å². The Kier molecular flexibility index (Phi) is 4.56. The molecule has 2 saturated carbocycles. The van der Waals surface area contributed by atoms with Gasteiger partial charge in [-0.05, 0) is 53.6 Å². The molecule has 0 bridgehead atoms. The number of rotatable bonds is 4. The largest absolute Gasteiger partial charge is 0.505 e. The average molecular weight is 328 g/mol. The summed E-state index contributed by atoms with van der Waals surface area (Å²) in [6, 6.07) is 10.3. The summed E-state index contributed by atoms with van der Waals surface area (Å²) >= 11 is 0. The fraction of sp³-hybridized carbons (Fsp3) is 0.571. The summed E-state index contributed by atoms with van der Waals surface area (Å²) in [5, 5.41) is 10.0. The highest BCUT2D eigenvalue weighted by Gasteiger charge is 2.56. The molecule has 0 radical (unpaired) electrons. The molecular weight excluding hydrogens is 300 g/mol. The smallest absolute Gasteiger partial charge is 0.184 e. The van der Waals surface area contributed by atoms with E-state index >= 15 is 0 Å². The third-order valence-corrected chi connectivity index (χ3v) is 6.51. The van der Waals surface area contributed by atoms with Crippen LogP contribution in [-0.2, 0) is 16.1 Å². The van der Waals surface area contributed by atoms with Gasteiger partial charge in [0, 0.05) is 0 Å².